The molecular formula is C18H24N4O2. The molecule has 2 aromatic heterocycles. The minimum Gasteiger partial charge on any atom is -0.465 e. The Morgan fingerprint density at radius 1 is 1.38 bits per heavy atom. The molecule has 6 nitrogen and oxygen atoms in total. The van der Waals surface area contributed by atoms with Crippen LogP contribution in [0.4, 0.5) is 0 Å². The summed E-state index contributed by atoms with van der Waals surface area (Å²) in [6, 6.07) is 4.06. The van der Waals surface area contributed by atoms with E-state index in [1.165, 1.54) is 5.56 Å². The van der Waals surface area contributed by atoms with Crippen molar-refractivity contribution in [1.82, 2.24) is 20.0 Å². The first-order valence-corrected chi connectivity index (χ1v) is 8.61. The number of aryl methyl sites for hydroxylation is 2. The summed E-state index contributed by atoms with van der Waals surface area (Å²) in [6.45, 7) is 4.75. The number of likely N-dealkylation sites (tertiary alicyclic amines) is 1. The molecule has 2 aliphatic heterocycles. The first kappa shape index (κ1) is 15.4. The first-order valence-electron chi connectivity index (χ1n) is 8.61. The SMILES string of the molecule is Cc1ccc(CN2CCC3(CC2)NC(=O)CC3c2cnn(C)c2)o1. The average molecular weight is 328 g/mol. The summed E-state index contributed by atoms with van der Waals surface area (Å²) in [5.74, 6) is 2.37. The number of rotatable bonds is 3. The summed E-state index contributed by atoms with van der Waals surface area (Å²) in [5, 5.41) is 7.58. The van der Waals surface area contributed by atoms with Crippen molar-refractivity contribution in [3.63, 3.8) is 0 Å². The third-order valence-corrected chi connectivity index (χ3v) is 5.50. The lowest BCUT2D eigenvalue weighted by molar-refractivity contribution is -0.120. The standard InChI is InChI=1S/C18H24N4O2/c1-13-3-4-15(24-13)12-22-7-5-18(6-8-22)16(9-17(23)20-18)14-10-19-21(2)11-14/h3-4,10-11,16H,5-9,12H2,1-2H3,(H,20,23). The van der Waals surface area contributed by atoms with Crippen LogP contribution in [0.2, 0.25) is 0 Å². The maximum atomic E-state index is 12.1. The van der Waals surface area contributed by atoms with Crippen LogP contribution in [0, 0.1) is 6.92 Å². The molecule has 24 heavy (non-hydrogen) atoms. The molecule has 0 bridgehead atoms. The predicted octanol–water partition coefficient (Wildman–Crippen LogP) is 1.96. The fourth-order valence-electron chi connectivity index (χ4n) is 4.23. The van der Waals surface area contributed by atoms with Crippen LogP contribution in [0.25, 0.3) is 0 Å². The lowest BCUT2D eigenvalue weighted by Crippen LogP contribution is -2.53. The Bertz CT molecular complexity index is 740. The van der Waals surface area contributed by atoms with Crippen LogP contribution in [-0.4, -0.2) is 39.2 Å². The number of aromatic nitrogens is 2. The minimum atomic E-state index is -0.115. The van der Waals surface area contributed by atoms with Crippen LogP contribution in [-0.2, 0) is 18.4 Å². The molecule has 1 amide bonds. The van der Waals surface area contributed by atoms with Gasteiger partial charge in [0.2, 0.25) is 5.91 Å². The Morgan fingerprint density at radius 3 is 2.79 bits per heavy atom. The third-order valence-electron chi connectivity index (χ3n) is 5.50. The number of nitrogens with one attached hydrogen (secondary N) is 1. The van der Waals surface area contributed by atoms with Gasteiger partial charge in [-0.1, -0.05) is 0 Å². The number of carbonyl (C=O) groups excluding carboxylic acids is 1. The van der Waals surface area contributed by atoms with Gasteiger partial charge in [-0.2, -0.15) is 5.10 Å². The Kier molecular flexibility index (Phi) is 3.72. The Labute approximate surface area is 141 Å². The number of nitrogens with zero attached hydrogens (tertiary/aromatic N) is 3. The zero-order chi connectivity index (χ0) is 16.7. The molecule has 0 saturated carbocycles. The summed E-state index contributed by atoms with van der Waals surface area (Å²) in [7, 11) is 1.92. The number of furan rings is 1. The second kappa shape index (κ2) is 5.77. The number of hydrogen-bond acceptors (Lipinski definition) is 4. The molecule has 4 heterocycles. The van der Waals surface area contributed by atoms with Gasteiger partial charge in [0.25, 0.3) is 0 Å². The van der Waals surface area contributed by atoms with E-state index in [2.05, 4.69) is 21.4 Å². The van der Waals surface area contributed by atoms with Crippen LogP contribution in [0.15, 0.2) is 28.9 Å². The number of piperidine rings is 1. The third kappa shape index (κ3) is 2.75. The van der Waals surface area contributed by atoms with E-state index in [9.17, 15) is 4.79 Å². The first-order chi connectivity index (χ1) is 11.5. The highest BCUT2D eigenvalue weighted by molar-refractivity contribution is 5.81. The van der Waals surface area contributed by atoms with Crippen molar-refractivity contribution in [3.05, 3.63) is 41.6 Å². The van der Waals surface area contributed by atoms with Gasteiger partial charge in [-0.15, -0.1) is 0 Å². The summed E-state index contributed by atoms with van der Waals surface area (Å²) < 4.78 is 7.51. The predicted molar refractivity (Wildman–Crippen MR) is 89.4 cm³/mol. The van der Waals surface area contributed by atoms with E-state index in [0.717, 1.165) is 44.0 Å². The zero-order valence-corrected chi connectivity index (χ0v) is 14.3. The lowest BCUT2D eigenvalue weighted by Gasteiger charge is -2.42. The van der Waals surface area contributed by atoms with Gasteiger partial charge >= 0.3 is 0 Å². The van der Waals surface area contributed by atoms with Gasteiger partial charge in [-0.05, 0) is 37.5 Å². The molecule has 6 heteroatoms. The highest BCUT2D eigenvalue weighted by Gasteiger charge is 2.49. The number of carbonyl (C=O) groups is 1. The molecule has 2 aromatic rings. The summed E-state index contributed by atoms with van der Waals surface area (Å²) in [6.07, 6.45) is 6.47. The quantitative estimate of drug-likeness (QED) is 0.935. The van der Waals surface area contributed by atoms with Gasteiger partial charge < -0.3 is 9.73 Å². The summed E-state index contributed by atoms with van der Waals surface area (Å²) in [5.41, 5.74) is 1.06. The monoisotopic (exact) mass is 328 g/mol. The van der Waals surface area contributed by atoms with Crippen molar-refractivity contribution in [1.29, 1.82) is 0 Å². The van der Waals surface area contributed by atoms with Crippen molar-refractivity contribution in [2.24, 2.45) is 7.05 Å². The van der Waals surface area contributed by atoms with E-state index in [-0.39, 0.29) is 17.4 Å². The Balaban J connectivity index is 1.47. The maximum absolute atomic E-state index is 12.1. The lowest BCUT2D eigenvalue weighted by atomic mass is 9.75. The van der Waals surface area contributed by atoms with Crippen LogP contribution in [0.5, 0.6) is 0 Å². The highest BCUT2D eigenvalue weighted by atomic mass is 16.3. The van der Waals surface area contributed by atoms with E-state index in [0.29, 0.717) is 6.42 Å². The van der Waals surface area contributed by atoms with E-state index in [1.54, 1.807) is 0 Å². The normalized spacial score (nSPS) is 23.8. The van der Waals surface area contributed by atoms with E-state index in [1.807, 2.05) is 37.1 Å². The number of hydrogen-bond donors (Lipinski definition) is 1. The van der Waals surface area contributed by atoms with E-state index in [4.69, 9.17) is 4.42 Å². The fraction of sp³-hybridized carbons (Fsp3) is 0.556. The Morgan fingerprint density at radius 2 is 2.17 bits per heavy atom. The second-order valence-corrected chi connectivity index (χ2v) is 7.20. The van der Waals surface area contributed by atoms with Crippen molar-refractivity contribution in [2.75, 3.05) is 13.1 Å². The van der Waals surface area contributed by atoms with E-state index < -0.39 is 0 Å². The van der Waals surface area contributed by atoms with Crippen LogP contribution < -0.4 is 5.32 Å². The molecule has 0 radical (unpaired) electrons. The smallest absolute Gasteiger partial charge is 0.221 e. The van der Waals surface area contributed by atoms with Crippen LogP contribution in [0.3, 0.4) is 0 Å². The summed E-state index contributed by atoms with van der Waals surface area (Å²) in [4.78, 5) is 14.5. The average Bonchev–Trinajstić information content (AvgIpc) is 3.22. The largest absolute Gasteiger partial charge is 0.465 e. The van der Waals surface area contributed by atoms with E-state index >= 15 is 0 Å². The second-order valence-electron chi connectivity index (χ2n) is 7.20. The van der Waals surface area contributed by atoms with Crippen LogP contribution >= 0.6 is 0 Å². The molecular weight excluding hydrogens is 304 g/mol. The molecule has 2 aliphatic rings. The van der Waals surface area contributed by atoms with Crippen LogP contribution in [0.1, 0.15) is 42.3 Å². The summed E-state index contributed by atoms with van der Waals surface area (Å²) >= 11 is 0. The molecule has 0 aliphatic carbocycles. The molecule has 2 fully saturated rings. The van der Waals surface area contributed by atoms with Crippen molar-refractivity contribution in [2.45, 2.75) is 44.2 Å². The molecule has 1 N–H and O–H groups in total. The van der Waals surface area contributed by atoms with Gasteiger partial charge in [-0.25, -0.2) is 0 Å². The minimum absolute atomic E-state index is 0.115. The maximum Gasteiger partial charge on any atom is 0.221 e. The van der Waals surface area contributed by atoms with Crippen molar-refractivity contribution < 1.29 is 9.21 Å². The fourth-order valence-corrected chi connectivity index (χ4v) is 4.23. The Hall–Kier alpha value is -2.08. The molecule has 1 atom stereocenters. The molecule has 1 spiro atoms. The molecule has 2 saturated heterocycles. The van der Waals surface area contributed by atoms with Crippen molar-refractivity contribution in [3.8, 4) is 0 Å². The van der Waals surface area contributed by atoms with Crippen molar-refractivity contribution >= 4 is 5.91 Å². The van der Waals surface area contributed by atoms with Gasteiger partial charge in [0.1, 0.15) is 11.5 Å². The van der Waals surface area contributed by atoms with Gasteiger partial charge in [0, 0.05) is 44.2 Å². The molecule has 128 valence electrons. The molecule has 0 aromatic carbocycles. The zero-order valence-electron chi connectivity index (χ0n) is 14.3. The number of amides is 1. The molecule has 1 unspecified atom stereocenters. The topological polar surface area (TPSA) is 63.3 Å². The van der Waals surface area contributed by atoms with Gasteiger partial charge in [0.15, 0.2) is 0 Å². The molecule has 4 rings (SSSR count). The highest BCUT2D eigenvalue weighted by Crippen LogP contribution is 2.43. The van der Waals surface area contributed by atoms with Gasteiger partial charge in [0.05, 0.1) is 12.7 Å². The van der Waals surface area contributed by atoms with Gasteiger partial charge in [-0.3, -0.25) is 14.4 Å².